The van der Waals surface area contributed by atoms with Crippen molar-refractivity contribution >= 4 is 10.0 Å². The highest BCUT2D eigenvalue weighted by molar-refractivity contribution is 7.89. The van der Waals surface area contributed by atoms with Crippen molar-refractivity contribution in [2.24, 2.45) is 0 Å². The number of halogens is 1. The largest absolute Gasteiger partial charge is 0.497 e. The molecule has 0 N–H and O–H groups in total. The molecule has 1 unspecified atom stereocenters. The minimum Gasteiger partial charge on any atom is -0.497 e. The molecule has 0 bridgehead atoms. The van der Waals surface area contributed by atoms with Crippen LogP contribution in [0.4, 0.5) is 4.39 Å². The summed E-state index contributed by atoms with van der Waals surface area (Å²) in [4.78, 5) is 0.196. The molecular weight excluding hydrogens is 317 g/mol. The Morgan fingerprint density at radius 1 is 1.13 bits per heavy atom. The fraction of sp³-hybridized carbons (Fsp3) is 0.294. The lowest BCUT2D eigenvalue weighted by Crippen LogP contribution is -2.31. The first-order valence-corrected chi connectivity index (χ1v) is 8.88. The van der Waals surface area contributed by atoms with Gasteiger partial charge < -0.3 is 4.74 Å². The lowest BCUT2D eigenvalue weighted by Gasteiger charge is -2.24. The molecule has 0 aromatic heterocycles. The average molecular weight is 335 g/mol. The summed E-state index contributed by atoms with van der Waals surface area (Å²) in [5, 5.41) is 0. The van der Waals surface area contributed by atoms with Gasteiger partial charge in [-0.1, -0.05) is 18.2 Å². The average Bonchev–Trinajstić information content (AvgIpc) is 3.05. The SMILES string of the molecule is COc1ccc(S(=O)(=O)N2CCCC2c2ccccc2F)cc1. The highest BCUT2D eigenvalue weighted by atomic mass is 32.2. The fourth-order valence-corrected chi connectivity index (χ4v) is 4.64. The fourth-order valence-electron chi connectivity index (χ4n) is 2.97. The van der Waals surface area contributed by atoms with Gasteiger partial charge in [0.05, 0.1) is 18.0 Å². The summed E-state index contributed by atoms with van der Waals surface area (Å²) in [5.41, 5.74) is 0.432. The second-order valence-corrected chi connectivity index (χ2v) is 7.36. The molecule has 2 aromatic rings. The molecule has 1 atom stereocenters. The summed E-state index contributed by atoms with van der Waals surface area (Å²) in [6.07, 6.45) is 1.34. The van der Waals surface area contributed by atoms with Gasteiger partial charge in [0.1, 0.15) is 11.6 Å². The predicted molar refractivity (Wildman–Crippen MR) is 85.3 cm³/mol. The number of sulfonamides is 1. The topological polar surface area (TPSA) is 46.6 Å². The van der Waals surface area contributed by atoms with Crippen molar-refractivity contribution in [3.63, 3.8) is 0 Å². The van der Waals surface area contributed by atoms with Crippen LogP contribution in [0.25, 0.3) is 0 Å². The Morgan fingerprint density at radius 3 is 2.48 bits per heavy atom. The zero-order chi connectivity index (χ0) is 16.4. The van der Waals surface area contributed by atoms with Crippen molar-refractivity contribution in [1.29, 1.82) is 0 Å². The number of hydrogen-bond acceptors (Lipinski definition) is 3. The first-order chi connectivity index (χ1) is 11.0. The normalized spacial score (nSPS) is 19.0. The maximum absolute atomic E-state index is 14.1. The number of ether oxygens (including phenoxy) is 1. The van der Waals surface area contributed by atoms with Gasteiger partial charge in [-0.3, -0.25) is 0 Å². The van der Waals surface area contributed by atoms with Gasteiger partial charge in [0, 0.05) is 12.1 Å². The Balaban J connectivity index is 1.96. The molecule has 0 saturated carbocycles. The maximum Gasteiger partial charge on any atom is 0.243 e. The van der Waals surface area contributed by atoms with Gasteiger partial charge in [0.2, 0.25) is 10.0 Å². The Bertz CT molecular complexity index is 790. The van der Waals surface area contributed by atoms with Gasteiger partial charge in [0.25, 0.3) is 0 Å². The standard InChI is InChI=1S/C17H18FNO3S/c1-22-13-8-10-14(11-9-13)23(20,21)19-12-4-7-17(19)15-5-2-3-6-16(15)18/h2-3,5-6,8-11,17H,4,7,12H2,1H3. The van der Waals surface area contributed by atoms with Gasteiger partial charge in [-0.05, 0) is 43.2 Å². The monoisotopic (exact) mass is 335 g/mol. The minimum atomic E-state index is -3.67. The van der Waals surface area contributed by atoms with E-state index in [1.807, 2.05) is 0 Å². The zero-order valence-corrected chi connectivity index (χ0v) is 13.6. The third-order valence-electron chi connectivity index (χ3n) is 4.13. The van der Waals surface area contributed by atoms with Crippen LogP contribution in [0.5, 0.6) is 5.75 Å². The molecular formula is C17H18FNO3S. The van der Waals surface area contributed by atoms with Crippen LogP contribution in [0.2, 0.25) is 0 Å². The third kappa shape index (κ3) is 2.96. The van der Waals surface area contributed by atoms with Crippen LogP contribution in [0, 0.1) is 5.82 Å². The molecule has 6 heteroatoms. The number of methoxy groups -OCH3 is 1. The van der Waals surface area contributed by atoms with Crippen molar-refractivity contribution in [2.45, 2.75) is 23.8 Å². The van der Waals surface area contributed by atoms with Gasteiger partial charge >= 0.3 is 0 Å². The van der Waals surface area contributed by atoms with Gasteiger partial charge in [-0.25, -0.2) is 12.8 Å². The molecule has 0 radical (unpaired) electrons. The van der Waals surface area contributed by atoms with E-state index >= 15 is 0 Å². The van der Waals surface area contributed by atoms with E-state index < -0.39 is 16.1 Å². The molecule has 1 saturated heterocycles. The predicted octanol–water partition coefficient (Wildman–Crippen LogP) is 3.36. The summed E-state index contributed by atoms with van der Waals surface area (Å²) < 4.78 is 46.3. The minimum absolute atomic E-state index is 0.196. The van der Waals surface area contributed by atoms with Crippen LogP contribution >= 0.6 is 0 Å². The lowest BCUT2D eigenvalue weighted by molar-refractivity contribution is 0.386. The molecule has 1 aliphatic heterocycles. The molecule has 1 heterocycles. The van der Waals surface area contributed by atoms with Gasteiger partial charge in [-0.2, -0.15) is 4.31 Å². The summed E-state index contributed by atoms with van der Waals surface area (Å²) in [5.74, 6) is 0.227. The quantitative estimate of drug-likeness (QED) is 0.861. The van der Waals surface area contributed by atoms with Crippen LogP contribution in [0.1, 0.15) is 24.4 Å². The summed E-state index contributed by atoms with van der Waals surface area (Å²) in [6, 6.07) is 12.2. The summed E-state index contributed by atoms with van der Waals surface area (Å²) >= 11 is 0. The first-order valence-electron chi connectivity index (χ1n) is 7.44. The molecule has 2 aromatic carbocycles. The lowest BCUT2D eigenvalue weighted by atomic mass is 10.1. The Kier molecular flexibility index (Phi) is 4.37. The number of nitrogens with zero attached hydrogens (tertiary/aromatic N) is 1. The number of rotatable bonds is 4. The van der Waals surface area contributed by atoms with Crippen molar-refractivity contribution < 1.29 is 17.5 Å². The van der Waals surface area contributed by atoms with Crippen LogP contribution in [0.15, 0.2) is 53.4 Å². The van der Waals surface area contributed by atoms with E-state index in [1.165, 1.54) is 29.6 Å². The van der Waals surface area contributed by atoms with Crippen LogP contribution in [-0.2, 0) is 10.0 Å². The Labute approximate surface area is 135 Å². The van der Waals surface area contributed by atoms with Gasteiger partial charge in [0.15, 0.2) is 0 Å². The highest BCUT2D eigenvalue weighted by Gasteiger charge is 2.37. The molecule has 0 aliphatic carbocycles. The molecule has 23 heavy (non-hydrogen) atoms. The molecule has 122 valence electrons. The molecule has 1 aliphatic rings. The van der Waals surface area contributed by atoms with Crippen LogP contribution < -0.4 is 4.74 Å². The highest BCUT2D eigenvalue weighted by Crippen LogP contribution is 2.37. The molecule has 0 amide bonds. The van der Waals surface area contributed by atoms with E-state index in [0.29, 0.717) is 30.7 Å². The molecule has 3 rings (SSSR count). The van der Waals surface area contributed by atoms with E-state index in [4.69, 9.17) is 4.74 Å². The summed E-state index contributed by atoms with van der Waals surface area (Å²) in [7, 11) is -2.14. The van der Waals surface area contributed by atoms with Crippen molar-refractivity contribution in [2.75, 3.05) is 13.7 Å². The van der Waals surface area contributed by atoms with E-state index in [0.717, 1.165) is 0 Å². The van der Waals surface area contributed by atoms with Crippen LogP contribution in [0.3, 0.4) is 0 Å². The van der Waals surface area contributed by atoms with E-state index in [1.54, 1.807) is 30.3 Å². The molecule has 0 spiro atoms. The van der Waals surface area contributed by atoms with E-state index in [2.05, 4.69) is 0 Å². The Morgan fingerprint density at radius 2 is 1.83 bits per heavy atom. The third-order valence-corrected chi connectivity index (χ3v) is 6.06. The Hall–Kier alpha value is -1.92. The maximum atomic E-state index is 14.1. The first kappa shape index (κ1) is 16.0. The van der Waals surface area contributed by atoms with Crippen LogP contribution in [-0.4, -0.2) is 26.4 Å². The second kappa shape index (κ2) is 6.29. The molecule has 1 fully saturated rings. The van der Waals surface area contributed by atoms with Crippen molar-refractivity contribution in [3.05, 3.63) is 59.9 Å². The zero-order valence-electron chi connectivity index (χ0n) is 12.8. The summed E-state index contributed by atoms with van der Waals surface area (Å²) in [6.45, 7) is 0.396. The number of hydrogen-bond donors (Lipinski definition) is 0. The number of benzene rings is 2. The second-order valence-electron chi connectivity index (χ2n) is 5.47. The van der Waals surface area contributed by atoms with E-state index in [9.17, 15) is 12.8 Å². The van der Waals surface area contributed by atoms with Crippen molar-refractivity contribution in [3.8, 4) is 5.75 Å². The van der Waals surface area contributed by atoms with Gasteiger partial charge in [-0.15, -0.1) is 0 Å². The van der Waals surface area contributed by atoms with Crippen molar-refractivity contribution in [1.82, 2.24) is 4.31 Å². The van der Waals surface area contributed by atoms with E-state index in [-0.39, 0.29) is 10.7 Å². The molecule has 4 nitrogen and oxygen atoms in total. The smallest absolute Gasteiger partial charge is 0.243 e.